The second kappa shape index (κ2) is 12.3. The molecular weight excluding hydrogens is 374 g/mol. The van der Waals surface area contributed by atoms with E-state index in [1.54, 1.807) is 11.8 Å². The maximum Gasteiger partial charge on any atom is 0.409 e. The molecule has 1 saturated carbocycles. The van der Waals surface area contributed by atoms with E-state index in [0.717, 1.165) is 18.4 Å². The van der Waals surface area contributed by atoms with Crippen LogP contribution in [0.2, 0.25) is 0 Å². The molecule has 1 unspecified atom stereocenters. The molecule has 29 heavy (non-hydrogen) atoms. The van der Waals surface area contributed by atoms with Crippen LogP contribution in [0.25, 0.3) is 0 Å². The molecule has 0 spiro atoms. The fourth-order valence-corrected chi connectivity index (χ4v) is 3.70. The highest BCUT2D eigenvalue weighted by Gasteiger charge is 2.21. The first-order valence-electron chi connectivity index (χ1n) is 10.4. The largest absolute Gasteiger partial charge is 0.492 e. The molecule has 1 N–H and O–H groups in total. The van der Waals surface area contributed by atoms with E-state index < -0.39 is 12.1 Å². The van der Waals surface area contributed by atoms with Gasteiger partial charge in [0, 0.05) is 19.6 Å². The van der Waals surface area contributed by atoms with Gasteiger partial charge in [-0.05, 0) is 43.4 Å². The molecule has 0 saturated heterocycles. The molecule has 1 amide bonds. The Labute approximate surface area is 172 Å². The Morgan fingerprint density at radius 1 is 1.17 bits per heavy atom. The summed E-state index contributed by atoms with van der Waals surface area (Å²) >= 11 is 0. The van der Waals surface area contributed by atoms with E-state index in [1.165, 1.54) is 26.4 Å². The van der Waals surface area contributed by atoms with Crippen LogP contribution in [0, 0.1) is 5.92 Å². The van der Waals surface area contributed by atoms with Crippen molar-refractivity contribution in [1.82, 2.24) is 4.90 Å². The Hall–Kier alpha value is -2.28. The van der Waals surface area contributed by atoms with Gasteiger partial charge in [-0.15, -0.1) is 0 Å². The SMILES string of the molecule is CCOC(Cc1ccc(OCCN(CC2CCCCC2)C(=O)OC)cc1)C(=O)O. The Balaban J connectivity index is 1.82. The lowest BCUT2D eigenvalue weighted by atomic mass is 9.89. The minimum absolute atomic E-state index is 0.307. The lowest BCUT2D eigenvalue weighted by molar-refractivity contribution is -0.149. The number of carboxylic acids is 1. The van der Waals surface area contributed by atoms with E-state index in [1.807, 2.05) is 24.3 Å². The van der Waals surface area contributed by atoms with Gasteiger partial charge in [0.2, 0.25) is 0 Å². The monoisotopic (exact) mass is 407 g/mol. The van der Waals surface area contributed by atoms with Crippen molar-refractivity contribution in [3.63, 3.8) is 0 Å². The second-order valence-corrected chi connectivity index (χ2v) is 7.40. The van der Waals surface area contributed by atoms with Crippen LogP contribution in [-0.2, 0) is 20.7 Å². The summed E-state index contributed by atoms with van der Waals surface area (Å²) < 4.78 is 15.9. The molecule has 0 heterocycles. The third kappa shape index (κ3) is 7.93. The van der Waals surface area contributed by atoms with Crippen molar-refractivity contribution in [3.05, 3.63) is 29.8 Å². The number of amides is 1. The maximum atomic E-state index is 12.1. The quantitative estimate of drug-likeness (QED) is 0.601. The molecule has 1 aromatic rings. The summed E-state index contributed by atoms with van der Waals surface area (Å²) in [7, 11) is 1.41. The normalized spacial score (nSPS) is 15.5. The zero-order valence-electron chi connectivity index (χ0n) is 17.5. The molecule has 0 aliphatic heterocycles. The lowest BCUT2D eigenvalue weighted by Crippen LogP contribution is -2.38. The van der Waals surface area contributed by atoms with Crippen LogP contribution in [0.1, 0.15) is 44.6 Å². The van der Waals surface area contributed by atoms with Crippen LogP contribution in [0.15, 0.2) is 24.3 Å². The fraction of sp³-hybridized carbons (Fsp3) is 0.636. The van der Waals surface area contributed by atoms with E-state index in [-0.39, 0.29) is 6.09 Å². The highest BCUT2D eigenvalue weighted by molar-refractivity contribution is 5.72. The molecule has 1 fully saturated rings. The highest BCUT2D eigenvalue weighted by atomic mass is 16.5. The predicted molar refractivity (Wildman–Crippen MR) is 109 cm³/mol. The van der Waals surface area contributed by atoms with Gasteiger partial charge in [0.15, 0.2) is 6.10 Å². The van der Waals surface area contributed by atoms with Gasteiger partial charge in [0.25, 0.3) is 0 Å². The van der Waals surface area contributed by atoms with Crippen molar-refractivity contribution in [2.75, 3.05) is 33.4 Å². The Kier molecular flexibility index (Phi) is 9.77. The Bertz CT molecular complexity index is 627. The van der Waals surface area contributed by atoms with Crippen molar-refractivity contribution in [2.24, 2.45) is 5.92 Å². The van der Waals surface area contributed by atoms with E-state index in [9.17, 15) is 14.7 Å². The first-order chi connectivity index (χ1) is 14.0. The molecule has 7 nitrogen and oxygen atoms in total. The summed E-state index contributed by atoms with van der Waals surface area (Å²) in [5.41, 5.74) is 0.867. The summed E-state index contributed by atoms with van der Waals surface area (Å²) in [6.45, 7) is 3.69. The van der Waals surface area contributed by atoms with E-state index in [4.69, 9.17) is 14.2 Å². The molecule has 0 radical (unpaired) electrons. The summed E-state index contributed by atoms with van der Waals surface area (Å²) in [6.07, 6.45) is 5.21. The molecule has 162 valence electrons. The zero-order chi connectivity index (χ0) is 21.1. The van der Waals surface area contributed by atoms with Crippen LogP contribution in [0.5, 0.6) is 5.75 Å². The van der Waals surface area contributed by atoms with Crippen LogP contribution in [0.3, 0.4) is 0 Å². The molecule has 2 rings (SSSR count). The number of carbonyl (C=O) groups is 2. The third-order valence-corrected chi connectivity index (χ3v) is 5.25. The number of carboxylic acid groups (broad SMARTS) is 1. The minimum Gasteiger partial charge on any atom is -0.492 e. The lowest BCUT2D eigenvalue weighted by Gasteiger charge is -2.28. The number of aliphatic carboxylic acids is 1. The number of nitrogens with zero attached hydrogens (tertiary/aromatic N) is 1. The Morgan fingerprint density at radius 2 is 1.86 bits per heavy atom. The van der Waals surface area contributed by atoms with Crippen LogP contribution in [0.4, 0.5) is 4.79 Å². The number of carbonyl (C=O) groups excluding carboxylic acids is 1. The standard InChI is InChI=1S/C22H33NO6/c1-3-28-20(21(24)25)15-17-9-11-19(12-10-17)29-14-13-23(22(26)27-2)16-18-7-5-4-6-8-18/h9-12,18,20H,3-8,13-16H2,1-2H3,(H,24,25). The summed E-state index contributed by atoms with van der Waals surface area (Å²) in [5, 5.41) is 9.18. The maximum absolute atomic E-state index is 12.1. The zero-order valence-corrected chi connectivity index (χ0v) is 17.5. The van der Waals surface area contributed by atoms with Gasteiger partial charge in [-0.1, -0.05) is 31.4 Å². The van der Waals surface area contributed by atoms with E-state index >= 15 is 0 Å². The number of rotatable bonds is 11. The summed E-state index contributed by atoms with van der Waals surface area (Å²) in [4.78, 5) is 25.0. The number of ether oxygens (including phenoxy) is 3. The van der Waals surface area contributed by atoms with E-state index in [0.29, 0.717) is 44.4 Å². The number of hydrogen-bond acceptors (Lipinski definition) is 5. The van der Waals surface area contributed by atoms with Crippen LogP contribution in [-0.4, -0.2) is 61.6 Å². The minimum atomic E-state index is -0.965. The molecule has 0 aromatic heterocycles. The van der Waals surface area contributed by atoms with Gasteiger partial charge in [-0.3, -0.25) is 0 Å². The second-order valence-electron chi connectivity index (χ2n) is 7.40. The fourth-order valence-electron chi connectivity index (χ4n) is 3.70. The van der Waals surface area contributed by atoms with Gasteiger partial charge < -0.3 is 24.2 Å². The van der Waals surface area contributed by atoms with Crippen molar-refractivity contribution in [1.29, 1.82) is 0 Å². The molecule has 1 aliphatic carbocycles. The smallest absolute Gasteiger partial charge is 0.409 e. The van der Waals surface area contributed by atoms with Crippen molar-refractivity contribution in [2.45, 2.75) is 51.6 Å². The molecule has 1 aromatic carbocycles. The first-order valence-corrected chi connectivity index (χ1v) is 10.4. The van der Waals surface area contributed by atoms with Crippen molar-refractivity contribution >= 4 is 12.1 Å². The third-order valence-electron chi connectivity index (χ3n) is 5.25. The number of benzene rings is 1. The Morgan fingerprint density at radius 3 is 2.45 bits per heavy atom. The van der Waals surface area contributed by atoms with Crippen molar-refractivity contribution < 1.29 is 28.9 Å². The van der Waals surface area contributed by atoms with Gasteiger partial charge in [-0.25, -0.2) is 9.59 Å². The predicted octanol–water partition coefficient (Wildman–Crippen LogP) is 3.75. The average molecular weight is 408 g/mol. The highest BCUT2D eigenvalue weighted by Crippen LogP contribution is 2.24. The average Bonchev–Trinajstić information content (AvgIpc) is 2.74. The van der Waals surface area contributed by atoms with Gasteiger partial charge >= 0.3 is 12.1 Å². The van der Waals surface area contributed by atoms with Gasteiger partial charge in [-0.2, -0.15) is 0 Å². The number of methoxy groups -OCH3 is 1. The van der Waals surface area contributed by atoms with Gasteiger partial charge in [0.1, 0.15) is 12.4 Å². The first kappa shape index (κ1) is 23.0. The summed E-state index contributed by atoms with van der Waals surface area (Å²) in [5.74, 6) is 0.252. The van der Waals surface area contributed by atoms with Crippen LogP contribution >= 0.6 is 0 Å². The molecule has 7 heteroatoms. The summed E-state index contributed by atoms with van der Waals surface area (Å²) in [6, 6.07) is 7.29. The number of hydrogen-bond donors (Lipinski definition) is 1. The topological polar surface area (TPSA) is 85.3 Å². The molecule has 1 aliphatic rings. The molecule has 0 bridgehead atoms. The van der Waals surface area contributed by atoms with Gasteiger partial charge in [0.05, 0.1) is 13.7 Å². The molecule has 1 atom stereocenters. The van der Waals surface area contributed by atoms with Crippen LogP contribution < -0.4 is 4.74 Å². The van der Waals surface area contributed by atoms with Crippen molar-refractivity contribution in [3.8, 4) is 5.75 Å². The molecular formula is C22H33NO6. The van der Waals surface area contributed by atoms with E-state index in [2.05, 4.69) is 0 Å².